The molecule has 2 rings (SSSR count). The maximum absolute atomic E-state index is 12.9. The Morgan fingerprint density at radius 3 is 2.54 bits per heavy atom. The summed E-state index contributed by atoms with van der Waals surface area (Å²) in [6.45, 7) is 2.04. The highest BCUT2D eigenvalue weighted by Gasteiger charge is 2.26. The largest absolute Gasteiger partial charge is 0.363 e. The Balaban J connectivity index is 2.13. The maximum Gasteiger partial charge on any atom is 0.243 e. The summed E-state index contributed by atoms with van der Waals surface area (Å²) in [4.78, 5) is 12.3. The van der Waals surface area contributed by atoms with Crippen LogP contribution in [0.3, 0.4) is 0 Å². The molecule has 0 aliphatic heterocycles. The van der Waals surface area contributed by atoms with Crippen molar-refractivity contribution in [2.45, 2.75) is 37.5 Å². The molecule has 1 N–H and O–H groups in total. The van der Waals surface area contributed by atoms with Crippen LogP contribution in [0.2, 0.25) is 5.02 Å². The van der Waals surface area contributed by atoms with E-state index in [2.05, 4.69) is 21.9 Å². The highest BCUT2D eigenvalue weighted by molar-refractivity contribution is 7.89. The van der Waals surface area contributed by atoms with Gasteiger partial charge in [0, 0.05) is 17.6 Å². The molecule has 0 fully saturated rings. The molecule has 1 heterocycles. The summed E-state index contributed by atoms with van der Waals surface area (Å²) in [6, 6.07) is 7.38. The Morgan fingerprint density at radius 1 is 1.19 bits per heavy atom. The van der Waals surface area contributed by atoms with Crippen LogP contribution in [-0.4, -0.2) is 36.9 Å². The third kappa shape index (κ3) is 5.82. The number of benzene rings is 1. The molecule has 9 heteroatoms. The molecule has 0 aliphatic carbocycles. The predicted octanol–water partition coefficient (Wildman–Crippen LogP) is 3.54. The lowest BCUT2D eigenvalue weighted by atomic mass is 10.2. The van der Waals surface area contributed by atoms with Gasteiger partial charge < -0.3 is 9.84 Å². The Kier molecular flexibility index (Phi) is 7.62. The lowest BCUT2D eigenvalue weighted by Crippen LogP contribution is -2.38. The van der Waals surface area contributed by atoms with E-state index < -0.39 is 15.9 Å². The van der Waals surface area contributed by atoms with Gasteiger partial charge in [0.25, 0.3) is 0 Å². The first-order valence-corrected chi connectivity index (χ1v) is 10.2. The van der Waals surface area contributed by atoms with E-state index in [1.165, 1.54) is 40.9 Å². The maximum atomic E-state index is 12.9. The van der Waals surface area contributed by atoms with Crippen LogP contribution in [0.25, 0.3) is 0 Å². The third-order valence-electron chi connectivity index (χ3n) is 3.74. The second-order valence-corrected chi connectivity index (χ2v) is 8.16. The number of carbonyl (C=O) groups is 1. The molecule has 0 bridgehead atoms. The standard InChI is InChI=1S/C17H22ClN3O4S/c1-2-3-4-5-11-21(13-17(22)19-16-10-12-25-20-16)26(23,24)15-8-6-14(18)7-9-15/h6-10,12H,2-5,11,13H2,1H3,(H,19,20,22). The van der Waals surface area contributed by atoms with Gasteiger partial charge >= 0.3 is 0 Å². The van der Waals surface area contributed by atoms with Crippen molar-refractivity contribution in [1.29, 1.82) is 0 Å². The van der Waals surface area contributed by atoms with E-state index in [9.17, 15) is 13.2 Å². The average Bonchev–Trinajstić information content (AvgIpc) is 3.10. The molecule has 0 radical (unpaired) electrons. The molecule has 142 valence electrons. The summed E-state index contributed by atoms with van der Waals surface area (Å²) in [5.74, 6) is -0.239. The summed E-state index contributed by atoms with van der Waals surface area (Å²) in [5.41, 5.74) is 0. The van der Waals surface area contributed by atoms with Gasteiger partial charge in [0.15, 0.2) is 5.82 Å². The monoisotopic (exact) mass is 399 g/mol. The first kappa shape index (κ1) is 20.4. The minimum atomic E-state index is -3.81. The average molecular weight is 400 g/mol. The number of halogens is 1. The van der Waals surface area contributed by atoms with Crippen LogP contribution in [0.4, 0.5) is 5.82 Å². The van der Waals surface area contributed by atoms with Crippen LogP contribution < -0.4 is 5.32 Å². The number of aromatic nitrogens is 1. The lowest BCUT2D eigenvalue weighted by Gasteiger charge is -2.21. The van der Waals surface area contributed by atoms with Crippen molar-refractivity contribution >= 4 is 33.3 Å². The Labute approximate surface area is 158 Å². The van der Waals surface area contributed by atoms with Crippen molar-refractivity contribution in [3.05, 3.63) is 41.6 Å². The minimum Gasteiger partial charge on any atom is -0.363 e. The number of sulfonamides is 1. The summed E-state index contributed by atoms with van der Waals surface area (Å²) >= 11 is 5.84. The highest BCUT2D eigenvalue weighted by Crippen LogP contribution is 2.19. The highest BCUT2D eigenvalue weighted by atomic mass is 35.5. The van der Waals surface area contributed by atoms with Gasteiger partial charge in [-0.1, -0.05) is 42.9 Å². The Bertz CT molecular complexity index is 792. The number of hydrogen-bond donors (Lipinski definition) is 1. The van der Waals surface area contributed by atoms with E-state index in [0.717, 1.165) is 19.3 Å². The molecular weight excluding hydrogens is 378 g/mol. The van der Waals surface area contributed by atoms with E-state index in [-0.39, 0.29) is 23.8 Å². The van der Waals surface area contributed by atoms with Gasteiger partial charge in [-0.3, -0.25) is 4.79 Å². The second-order valence-electron chi connectivity index (χ2n) is 5.79. The van der Waals surface area contributed by atoms with Crippen LogP contribution in [0.1, 0.15) is 32.6 Å². The van der Waals surface area contributed by atoms with Crippen LogP contribution in [-0.2, 0) is 14.8 Å². The van der Waals surface area contributed by atoms with Gasteiger partial charge in [-0.15, -0.1) is 0 Å². The van der Waals surface area contributed by atoms with Gasteiger partial charge in [0.05, 0.1) is 11.4 Å². The van der Waals surface area contributed by atoms with Gasteiger partial charge in [-0.2, -0.15) is 4.31 Å². The number of nitrogens with zero attached hydrogens (tertiary/aromatic N) is 2. The van der Waals surface area contributed by atoms with Crippen LogP contribution in [0, 0.1) is 0 Å². The van der Waals surface area contributed by atoms with Gasteiger partial charge in [-0.05, 0) is 30.7 Å². The van der Waals surface area contributed by atoms with E-state index in [0.29, 0.717) is 11.4 Å². The topological polar surface area (TPSA) is 92.5 Å². The first-order chi connectivity index (χ1) is 12.4. The molecule has 1 amide bonds. The molecule has 0 spiro atoms. The third-order valence-corrected chi connectivity index (χ3v) is 5.85. The van der Waals surface area contributed by atoms with Crippen molar-refractivity contribution < 1.29 is 17.7 Å². The fraction of sp³-hybridized carbons (Fsp3) is 0.412. The molecule has 0 saturated heterocycles. The van der Waals surface area contributed by atoms with Crippen LogP contribution in [0.5, 0.6) is 0 Å². The smallest absolute Gasteiger partial charge is 0.243 e. The van der Waals surface area contributed by atoms with E-state index >= 15 is 0 Å². The van der Waals surface area contributed by atoms with Gasteiger partial charge in [-0.25, -0.2) is 8.42 Å². The van der Waals surface area contributed by atoms with Crippen molar-refractivity contribution in [3.8, 4) is 0 Å². The summed E-state index contributed by atoms with van der Waals surface area (Å²) < 4.78 is 31.7. The number of rotatable bonds is 10. The van der Waals surface area contributed by atoms with Crippen molar-refractivity contribution in [3.63, 3.8) is 0 Å². The number of unbranched alkanes of at least 4 members (excludes halogenated alkanes) is 3. The number of nitrogens with one attached hydrogen (secondary N) is 1. The SMILES string of the molecule is CCCCCCN(CC(=O)Nc1ccon1)S(=O)(=O)c1ccc(Cl)cc1. The van der Waals surface area contributed by atoms with E-state index in [1.807, 2.05) is 0 Å². The van der Waals surface area contributed by atoms with Crippen LogP contribution >= 0.6 is 11.6 Å². The zero-order valence-corrected chi connectivity index (χ0v) is 16.1. The number of carbonyl (C=O) groups excluding carboxylic acids is 1. The normalized spacial score (nSPS) is 11.7. The molecule has 2 aromatic rings. The van der Waals surface area contributed by atoms with Gasteiger partial charge in [0.1, 0.15) is 6.26 Å². The number of anilines is 1. The summed E-state index contributed by atoms with van der Waals surface area (Å²) in [6.07, 6.45) is 4.95. The second kappa shape index (κ2) is 9.70. The van der Waals surface area contributed by atoms with Crippen molar-refractivity contribution in [1.82, 2.24) is 9.46 Å². The quantitative estimate of drug-likeness (QED) is 0.617. The molecule has 7 nitrogen and oxygen atoms in total. The fourth-order valence-corrected chi connectivity index (χ4v) is 3.94. The zero-order chi connectivity index (χ0) is 19.0. The zero-order valence-electron chi connectivity index (χ0n) is 14.5. The predicted molar refractivity (Wildman–Crippen MR) is 99.5 cm³/mol. The molecule has 0 saturated carbocycles. The number of hydrogen-bond acceptors (Lipinski definition) is 5. The minimum absolute atomic E-state index is 0.103. The lowest BCUT2D eigenvalue weighted by molar-refractivity contribution is -0.116. The van der Waals surface area contributed by atoms with Crippen molar-refractivity contribution in [2.24, 2.45) is 0 Å². The first-order valence-electron chi connectivity index (χ1n) is 8.39. The van der Waals surface area contributed by atoms with Crippen molar-refractivity contribution in [2.75, 3.05) is 18.4 Å². The van der Waals surface area contributed by atoms with Crippen LogP contribution in [0.15, 0.2) is 46.0 Å². The molecule has 0 aliphatic rings. The summed E-state index contributed by atoms with van der Waals surface area (Å²) in [7, 11) is -3.81. The fourth-order valence-electron chi connectivity index (χ4n) is 2.37. The number of amides is 1. The molecule has 0 atom stereocenters. The van der Waals surface area contributed by atoms with E-state index in [4.69, 9.17) is 11.6 Å². The van der Waals surface area contributed by atoms with E-state index in [1.54, 1.807) is 0 Å². The Hall–Kier alpha value is -1.90. The Morgan fingerprint density at radius 2 is 1.92 bits per heavy atom. The van der Waals surface area contributed by atoms with Gasteiger partial charge in [0.2, 0.25) is 15.9 Å². The molecule has 26 heavy (non-hydrogen) atoms. The molecular formula is C17H22ClN3O4S. The summed E-state index contributed by atoms with van der Waals surface area (Å²) in [5, 5.41) is 6.55. The molecule has 0 unspecified atom stereocenters. The molecule has 1 aromatic carbocycles. The molecule has 1 aromatic heterocycles.